The van der Waals surface area contributed by atoms with Crippen molar-refractivity contribution < 1.29 is 19.4 Å². The van der Waals surface area contributed by atoms with Gasteiger partial charge in [-0.2, -0.15) is 0 Å². The molecule has 0 saturated carbocycles. The number of nitrogens with one attached hydrogen (secondary N) is 1. The number of aliphatic hydroxyl groups is 2. The fourth-order valence-electron chi connectivity index (χ4n) is 1.66. The van der Waals surface area contributed by atoms with Crippen LogP contribution in [0.2, 0.25) is 0 Å². The molecule has 1 aromatic carbocycles. The van der Waals surface area contributed by atoms with E-state index in [9.17, 15) is 15.0 Å². The van der Waals surface area contributed by atoms with E-state index in [1.54, 1.807) is 42.5 Å². The molecule has 0 saturated heterocycles. The summed E-state index contributed by atoms with van der Waals surface area (Å²) in [7, 11) is 0. The average Bonchev–Trinajstić information content (AvgIpc) is 2.98. The maximum Gasteiger partial charge on any atom is 0.253 e. The quantitative estimate of drug-likeness (QED) is 0.754. The van der Waals surface area contributed by atoms with Gasteiger partial charge in [-0.1, -0.05) is 30.3 Å². The van der Waals surface area contributed by atoms with Crippen molar-refractivity contribution in [3.8, 4) is 0 Å². The summed E-state index contributed by atoms with van der Waals surface area (Å²) in [5, 5.41) is 22.0. The molecule has 0 fully saturated rings. The number of carbonyl (C=O) groups excluding carboxylic acids is 1. The zero-order chi connectivity index (χ0) is 13.7. The summed E-state index contributed by atoms with van der Waals surface area (Å²) in [5.74, 6) is -0.189. The van der Waals surface area contributed by atoms with E-state index >= 15 is 0 Å². The highest BCUT2D eigenvalue weighted by Gasteiger charge is 2.18. The van der Waals surface area contributed by atoms with Crippen LogP contribution in [0.3, 0.4) is 0 Å². The Balaban J connectivity index is 1.88. The SMILES string of the molecule is O=C(NC[C@H](O)c1ccco1)[C@H](O)c1ccccc1. The fourth-order valence-corrected chi connectivity index (χ4v) is 1.66. The molecule has 0 aliphatic rings. The topological polar surface area (TPSA) is 82.7 Å². The smallest absolute Gasteiger partial charge is 0.253 e. The van der Waals surface area contributed by atoms with Gasteiger partial charge in [0, 0.05) is 0 Å². The molecule has 0 spiro atoms. The number of amides is 1. The minimum absolute atomic E-state index is 0.0176. The molecule has 1 aromatic heterocycles. The van der Waals surface area contributed by atoms with Crippen molar-refractivity contribution in [2.75, 3.05) is 6.54 Å². The first-order valence-electron chi connectivity index (χ1n) is 5.90. The van der Waals surface area contributed by atoms with E-state index in [0.29, 0.717) is 11.3 Å². The van der Waals surface area contributed by atoms with Crippen LogP contribution < -0.4 is 5.32 Å². The molecule has 2 aromatic rings. The highest BCUT2D eigenvalue weighted by atomic mass is 16.4. The number of carbonyl (C=O) groups is 1. The summed E-state index contributed by atoms with van der Waals surface area (Å²) < 4.78 is 5.01. The van der Waals surface area contributed by atoms with E-state index < -0.39 is 18.1 Å². The third-order valence-corrected chi connectivity index (χ3v) is 2.70. The van der Waals surface area contributed by atoms with Crippen LogP contribution in [0.4, 0.5) is 0 Å². The lowest BCUT2D eigenvalue weighted by molar-refractivity contribution is -0.130. The second-order valence-corrected chi connectivity index (χ2v) is 4.09. The minimum atomic E-state index is -1.25. The molecule has 0 unspecified atom stereocenters. The van der Waals surface area contributed by atoms with Gasteiger partial charge in [-0.3, -0.25) is 4.79 Å². The summed E-state index contributed by atoms with van der Waals surface area (Å²) in [5.41, 5.74) is 0.507. The van der Waals surface area contributed by atoms with Gasteiger partial charge in [-0.15, -0.1) is 0 Å². The lowest BCUT2D eigenvalue weighted by Crippen LogP contribution is -2.32. The van der Waals surface area contributed by atoms with Crippen LogP contribution >= 0.6 is 0 Å². The molecule has 5 nitrogen and oxygen atoms in total. The number of hydrogen-bond donors (Lipinski definition) is 3. The third-order valence-electron chi connectivity index (χ3n) is 2.70. The normalized spacial score (nSPS) is 13.8. The molecule has 0 aliphatic carbocycles. The Kier molecular flexibility index (Phi) is 4.33. The molecule has 100 valence electrons. The first kappa shape index (κ1) is 13.3. The molecule has 2 atom stereocenters. The first-order chi connectivity index (χ1) is 9.18. The molecule has 1 heterocycles. The monoisotopic (exact) mass is 261 g/mol. The number of aliphatic hydroxyl groups excluding tert-OH is 2. The Hall–Kier alpha value is -2.11. The summed E-state index contributed by atoms with van der Waals surface area (Å²) in [6.07, 6.45) is -0.731. The summed E-state index contributed by atoms with van der Waals surface area (Å²) in [4.78, 5) is 11.7. The number of hydrogen-bond acceptors (Lipinski definition) is 4. The number of furan rings is 1. The van der Waals surface area contributed by atoms with E-state index in [1.807, 2.05) is 0 Å². The zero-order valence-corrected chi connectivity index (χ0v) is 10.2. The van der Waals surface area contributed by atoms with Gasteiger partial charge in [0.25, 0.3) is 5.91 Å². The molecule has 2 rings (SSSR count). The predicted molar refractivity (Wildman–Crippen MR) is 68.1 cm³/mol. The molecular weight excluding hydrogens is 246 g/mol. The Morgan fingerprint density at radius 1 is 1.16 bits per heavy atom. The van der Waals surface area contributed by atoms with Gasteiger partial charge in [0.1, 0.15) is 11.9 Å². The molecular formula is C14H15NO4. The van der Waals surface area contributed by atoms with Crippen molar-refractivity contribution in [2.45, 2.75) is 12.2 Å². The van der Waals surface area contributed by atoms with Crippen molar-refractivity contribution in [1.82, 2.24) is 5.32 Å². The summed E-state index contributed by atoms with van der Waals surface area (Å²) in [6.45, 7) is -0.0176. The van der Waals surface area contributed by atoms with Crippen LogP contribution in [0, 0.1) is 0 Å². The Morgan fingerprint density at radius 3 is 2.53 bits per heavy atom. The van der Waals surface area contributed by atoms with Gasteiger partial charge in [0.05, 0.1) is 12.8 Å². The van der Waals surface area contributed by atoms with E-state index in [2.05, 4.69) is 5.32 Å². The van der Waals surface area contributed by atoms with E-state index in [4.69, 9.17) is 4.42 Å². The van der Waals surface area contributed by atoms with Crippen molar-refractivity contribution in [3.05, 3.63) is 60.1 Å². The van der Waals surface area contributed by atoms with Crippen LogP contribution in [0.25, 0.3) is 0 Å². The fraction of sp³-hybridized carbons (Fsp3) is 0.214. The van der Waals surface area contributed by atoms with Crippen molar-refractivity contribution in [1.29, 1.82) is 0 Å². The maximum atomic E-state index is 11.7. The van der Waals surface area contributed by atoms with E-state index in [1.165, 1.54) is 6.26 Å². The molecule has 19 heavy (non-hydrogen) atoms. The number of rotatable bonds is 5. The lowest BCUT2D eigenvalue weighted by atomic mass is 10.1. The summed E-state index contributed by atoms with van der Waals surface area (Å²) in [6, 6.07) is 11.9. The Bertz CT molecular complexity index is 510. The van der Waals surface area contributed by atoms with Gasteiger partial charge in [0.15, 0.2) is 6.10 Å². The highest BCUT2D eigenvalue weighted by molar-refractivity contribution is 5.81. The van der Waals surface area contributed by atoms with Gasteiger partial charge in [-0.05, 0) is 17.7 Å². The lowest BCUT2D eigenvalue weighted by Gasteiger charge is -2.13. The van der Waals surface area contributed by atoms with Gasteiger partial charge >= 0.3 is 0 Å². The molecule has 1 amide bonds. The predicted octanol–water partition coefficient (Wildman–Crippen LogP) is 1.16. The minimum Gasteiger partial charge on any atom is -0.467 e. The van der Waals surface area contributed by atoms with Crippen LogP contribution in [0.5, 0.6) is 0 Å². The standard InChI is InChI=1S/C14H15NO4/c16-11(12-7-4-8-19-12)9-15-14(18)13(17)10-5-2-1-3-6-10/h1-8,11,13,16-17H,9H2,(H,15,18)/t11-,13+/m0/s1. The molecule has 3 N–H and O–H groups in total. The third kappa shape index (κ3) is 3.43. The van der Waals surface area contributed by atoms with Crippen LogP contribution in [0.1, 0.15) is 23.5 Å². The van der Waals surface area contributed by atoms with Crippen LogP contribution in [0.15, 0.2) is 53.1 Å². The van der Waals surface area contributed by atoms with Crippen LogP contribution in [-0.2, 0) is 4.79 Å². The summed E-state index contributed by atoms with van der Waals surface area (Å²) >= 11 is 0. The van der Waals surface area contributed by atoms with Gasteiger partial charge < -0.3 is 19.9 Å². The van der Waals surface area contributed by atoms with Crippen LogP contribution in [-0.4, -0.2) is 22.7 Å². The molecule has 0 aliphatic heterocycles. The average molecular weight is 261 g/mol. The highest BCUT2D eigenvalue weighted by Crippen LogP contribution is 2.14. The van der Waals surface area contributed by atoms with E-state index in [0.717, 1.165) is 0 Å². The molecule has 5 heteroatoms. The molecule has 0 bridgehead atoms. The zero-order valence-electron chi connectivity index (χ0n) is 10.2. The van der Waals surface area contributed by atoms with E-state index in [-0.39, 0.29) is 6.54 Å². The van der Waals surface area contributed by atoms with Gasteiger partial charge in [0.2, 0.25) is 0 Å². The maximum absolute atomic E-state index is 11.7. The van der Waals surface area contributed by atoms with Crippen molar-refractivity contribution in [3.63, 3.8) is 0 Å². The largest absolute Gasteiger partial charge is 0.467 e. The second-order valence-electron chi connectivity index (χ2n) is 4.09. The number of benzene rings is 1. The Labute approximate surface area is 110 Å². The second kappa shape index (κ2) is 6.17. The molecule has 0 radical (unpaired) electrons. The van der Waals surface area contributed by atoms with Crippen molar-refractivity contribution in [2.24, 2.45) is 0 Å². The first-order valence-corrected chi connectivity index (χ1v) is 5.90. The van der Waals surface area contributed by atoms with Crippen molar-refractivity contribution >= 4 is 5.91 Å². The Morgan fingerprint density at radius 2 is 1.89 bits per heavy atom. The van der Waals surface area contributed by atoms with Gasteiger partial charge in [-0.25, -0.2) is 0 Å².